The molecule has 4 rings (SSSR count). The van der Waals surface area contributed by atoms with Crippen LogP contribution in [0.5, 0.6) is 0 Å². The molecule has 1 aliphatic rings. The number of piperidine rings is 1. The third-order valence-electron chi connectivity index (χ3n) is 5.39. The highest BCUT2D eigenvalue weighted by Crippen LogP contribution is 2.35. The summed E-state index contributed by atoms with van der Waals surface area (Å²) < 4.78 is 25.0. The molecule has 2 aromatic carbocycles. The lowest BCUT2D eigenvalue weighted by atomic mass is 9.90. The first-order chi connectivity index (χ1) is 13.3. The van der Waals surface area contributed by atoms with Crippen molar-refractivity contribution in [2.45, 2.75) is 18.8 Å². The molecule has 1 aliphatic heterocycles. The van der Waals surface area contributed by atoms with Gasteiger partial charge in [0.2, 0.25) is 10.0 Å². The van der Waals surface area contributed by atoms with Gasteiger partial charge in [-0.3, -0.25) is 9.89 Å². The molecule has 3 N–H and O–H groups in total. The molecule has 0 atom stereocenters. The van der Waals surface area contributed by atoms with Gasteiger partial charge in [0.15, 0.2) is 0 Å². The molecule has 0 spiro atoms. The number of fused-ring (bicyclic) bond motifs is 1. The van der Waals surface area contributed by atoms with Gasteiger partial charge in [0.05, 0.1) is 11.8 Å². The number of rotatable bonds is 4. The van der Waals surface area contributed by atoms with Gasteiger partial charge in [0.25, 0.3) is 5.91 Å². The Balaban J connectivity index is 1.76. The molecule has 1 fully saturated rings. The number of aromatic amines is 1. The lowest BCUT2D eigenvalue weighted by Crippen LogP contribution is -2.37. The maximum Gasteiger partial charge on any atom is 0.251 e. The summed E-state index contributed by atoms with van der Waals surface area (Å²) in [6.45, 7) is 0.954. The zero-order chi connectivity index (χ0) is 19.9. The Morgan fingerprint density at radius 2 is 1.82 bits per heavy atom. The molecular formula is C20H22N4O3S. The molecule has 8 heteroatoms. The summed E-state index contributed by atoms with van der Waals surface area (Å²) in [7, 11) is -3.18. The zero-order valence-electron chi connectivity index (χ0n) is 15.6. The van der Waals surface area contributed by atoms with Crippen LogP contribution < -0.4 is 5.73 Å². The first kappa shape index (κ1) is 18.6. The fourth-order valence-corrected chi connectivity index (χ4v) is 4.78. The molecule has 1 amide bonds. The number of nitrogens with one attached hydrogen (secondary N) is 1. The van der Waals surface area contributed by atoms with E-state index in [9.17, 15) is 13.2 Å². The highest BCUT2D eigenvalue weighted by Gasteiger charge is 2.28. The topological polar surface area (TPSA) is 109 Å². The quantitative estimate of drug-likeness (QED) is 0.703. The van der Waals surface area contributed by atoms with Gasteiger partial charge in [-0.25, -0.2) is 12.7 Å². The van der Waals surface area contributed by atoms with Crippen molar-refractivity contribution in [1.29, 1.82) is 0 Å². The van der Waals surface area contributed by atoms with Crippen LogP contribution in [0.25, 0.3) is 22.0 Å². The number of benzene rings is 2. The minimum atomic E-state index is -3.18. The number of nitrogens with zero attached hydrogens (tertiary/aromatic N) is 2. The van der Waals surface area contributed by atoms with Crippen molar-refractivity contribution in [3.63, 3.8) is 0 Å². The van der Waals surface area contributed by atoms with Crippen molar-refractivity contribution in [2.24, 2.45) is 5.73 Å². The van der Waals surface area contributed by atoms with Gasteiger partial charge < -0.3 is 5.73 Å². The normalized spacial score (nSPS) is 16.5. The first-order valence-corrected chi connectivity index (χ1v) is 11.0. The average molecular weight is 398 g/mol. The van der Waals surface area contributed by atoms with Crippen LogP contribution in [0.4, 0.5) is 0 Å². The summed E-state index contributed by atoms with van der Waals surface area (Å²) in [5, 5.41) is 8.31. The second-order valence-electron chi connectivity index (χ2n) is 7.22. The maximum absolute atomic E-state index is 12.0. The van der Waals surface area contributed by atoms with E-state index in [4.69, 9.17) is 5.73 Å². The molecule has 0 radical (unpaired) electrons. The molecule has 0 bridgehead atoms. The number of carbonyl (C=O) groups excluding carboxylic acids is 1. The van der Waals surface area contributed by atoms with Crippen molar-refractivity contribution >= 4 is 26.8 Å². The highest BCUT2D eigenvalue weighted by atomic mass is 32.2. The number of hydrogen-bond acceptors (Lipinski definition) is 4. The van der Waals surface area contributed by atoms with E-state index in [0.29, 0.717) is 37.0 Å². The van der Waals surface area contributed by atoms with E-state index in [1.54, 1.807) is 6.07 Å². The predicted octanol–water partition coefficient (Wildman–Crippen LogP) is 2.47. The van der Waals surface area contributed by atoms with E-state index in [1.165, 1.54) is 10.6 Å². The standard InChI is InChI=1S/C20H22N4O3S/c1-28(26,27)24-9-7-14(8-10-24)18-16-11-15(13-5-3-2-4-6-13)12-17(20(21)25)19(16)23-22-18/h2-6,11-12,14H,7-10H2,1H3,(H2,21,25)(H,22,23). The van der Waals surface area contributed by atoms with Crippen LogP contribution in [-0.2, 0) is 10.0 Å². The van der Waals surface area contributed by atoms with Gasteiger partial charge in [0.1, 0.15) is 5.52 Å². The summed E-state index contributed by atoms with van der Waals surface area (Å²) in [5.41, 5.74) is 9.39. The number of sulfonamides is 1. The van der Waals surface area contributed by atoms with E-state index in [2.05, 4.69) is 10.2 Å². The van der Waals surface area contributed by atoms with Gasteiger partial charge in [-0.05, 0) is 36.1 Å². The molecule has 0 saturated carbocycles. The molecular weight excluding hydrogens is 376 g/mol. The first-order valence-electron chi connectivity index (χ1n) is 9.17. The molecule has 28 heavy (non-hydrogen) atoms. The number of amides is 1. The third kappa shape index (κ3) is 3.41. The van der Waals surface area contributed by atoms with Gasteiger partial charge in [0, 0.05) is 30.1 Å². The van der Waals surface area contributed by atoms with Crippen molar-refractivity contribution < 1.29 is 13.2 Å². The van der Waals surface area contributed by atoms with Gasteiger partial charge in [-0.1, -0.05) is 30.3 Å². The monoisotopic (exact) mass is 398 g/mol. The number of aromatic nitrogens is 2. The van der Waals surface area contributed by atoms with Crippen molar-refractivity contribution in [1.82, 2.24) is 14.5 Å². The summed E-state index contributed by atoms with van der Waals surface area (Å²) in [6.07, 6.45) is 2.64. The SMILES string of the molecule is CS(=O)(=O)N1CCC(c2[nH]nc3c(C(N)=O)cc(-c4ccccc4)cc23)CC1. The Labute approximate surface area is 163 Å². The van der Waals surface area contributed by atoms with Crippen LogP contribution in [0.1, 0.15) is 34.8 Å². The summed E-state index contributed by atoms with van der Waals surface area (Å²) >= 11 is 0. The van der Waals surface area contributed by atoms with E-state index in [1.807, 2.05) is 36.4 Å². The summed E-state index contributed by atoms with van der Waals surface area (Å²) in [4.78, 5) is 12.0. The lowest BCUT2D eigenvalue weighted by molar-refractivity contribution is 0.100. The number of H-pyrrole nitrogens is 1. The van der Waals surface area contributed by atoms with E-state index in [-0.39, 0.29) is 5.92 Å². The predicted molar refractivity (Wildman–Crippen MR) is 108 cm³/mol. The second kappa shape index (κ2) is 7.03. The second-order valence-corrected chi connectivity index (χ2v) is 9.21. The summed E-state index contributed by atoms with van der Waals surface area (Å²) in [5.74, 6) is -0.373. The van der Waals surface area contributed by atoms with Crippen LogP contribution in [0, 0.1) is 0 Å². The maximum atomic E-state index is 12.0. The van der Waals surface area contributed by atoms with E-state index in [0.717, 1.165) is 22.2 Å². The van der Waals surface area contributed by atoms with Crippen LogP contribution in [0.2, 0.25) is 0 Å². The number of hydrogen-bond donors (Lipinski definition) is 2. The zero-order valence-corrected chi connectivity index (χ0v) is 16.4. The third-order valence-corrected chi connectivity index (χ3v) is 6.70. The Morgan fingerprint density at radius 1 is 1.14 bits per heavy atom. The van der Waals surface area contributed by atoms with Crippen molar-refractivity contribution in [2.75, 3.05) is 19.3 Å². The van der Waals surface area contributed by atoms with Crippen LogP contribution in [0.15, 0.2) is 42.5 Å². The smallest absolute Gasteiger partial charge is 0.251 e. The fraction of sp³-hybridized carbons (Fsp3) is 0.300. The minimum Gasteiger partial charge on any atom is -0.366 e. The molecule has 1 aromatic heterocycles. The van der Waals surface area contributed by atoms with Crippen LogP contribution in [0.3, 0.4) is 0 Å². The van der Waals surface area contributed by atoms with E-state index < -0.39 is 15.9 Å². The number of nitrogens with two attached hydrogens (primary N) is 1. The molecule has 146 valence electrons. The lowest BCUT2D eigenvalue weighted by Gasteiger charge is -2.29. The van der Waals surface area contributed by atoms with Crippen molar-refractivity contribution in [3.05, 3.63) is 53.7 Å². The average Bonchev–Trinajstić information content (AvgIpc) is 3.11. The Bertz CT molecular complexity index is 1130. The largest absolute Gasteiger partial charge is 0.366 e. The fourth-order valence-electron chi connectivity index (χ4n) is 3.91. The molecule has 7 nitrogen and oxygen atoms in total. The van der Waals surface area contributed by atoms with Crippen LogP contribution >= 0.6 is 0 Å². The van der Waals surface area contributed by atoms with Gasteiger partial charge in [-0.2, -0.15) is 5.10 Å². The molecule has 0 aliphatic carbocycles. The minimum absolute atomic E-state index is 0.148. The molecule has 1 saturated heterocycles. The summed E-state index contributed by atoms with van der Waals surface area (Å²) in [6, 6.07) is 13.6. The van der Waals surface area contributed by atoms with Gasteiger partial charge >= 0.3 is 0 Å². The van der Waals surface area contributed by atoms with Crippen LogP contribution in [-0.4, -0.2) is 48.2 Å². The Morgan fingerprint density at radius 3 is 2.43 bits per heavy atom. The Hall–Kier alpha value is -2.71. The Kier molecular flexibility index (Phi) is 4.68. The van der Waals surface area contributed by atoms with Gasteiger partial charge in [-0.15, -0.1) is 0 Å². The number of carbonyl (C=O) groups is 1. The number of primary amides is 1. The highest BCUT2D eigenvalue weighted by molar-refractivity contribution is 7.88. The molecule has 2 heterocycles. The molecule has 3 aromatic rings. The van der Waals surface area contributed by atoms with Crippen molar-refractivity contribution in [3.8, 4) is 11.1 Å². The molecule has 0 unspecified atom stereocenters. The van der Waals surface area contributed by atoms with E-state index >= 15 is 0 Å².